The Balaban J connectivity index is 1.46. The van der Waals surface area contributed by atoms with Crippen LogP contribution < -0.4 is 5.32 Å². The molecule has 2 aliphatic heterocycles. The summed E-state index contributed by atoms with van der Waals surface area (Å²) < 4.78 is 30.8. The van der Waals surface area contributed by atoms with E-state index >= 15 is 0 Å². The van der Waals surface area contributed by atoms with Crippen molar-refractivity contribution in [2.45, 2.75) is 23.8 Å². The standard InChI is InChI=1S/C19H28N4O5S/c1-21(2)29(26,27)16-7-5-15(6-8-16)20-18(24)14-22-9-11-23(12-10-22)19(25)17-4-3-13-28-17/h5-8,17H,3-4,9-14H2,1-2H3,(H,20,24). The number of piperazine rings is 1. The molecule has 2 aliphatic rings. The lowest BCUT2D eigenvalue weighted by Crippen LogP contribution is -2.52. The molecule has 2 fully saturated rings. The van der Waals surface area contributed by atoms with Crippen LogP contribution in [0.2, 0.25) is 0 Å². The molecule has 9 nitrogen and oxygen atoms in total. The van der Waals surface area contributed by atoms with Crippen LogP contribution in [0.5, 0.6) is 0 Å². The molecule has 1 aromatic rings. The van der Waals surface area contributed by atoms with E-state index < -0.39 is 10.0 Å². The van der Waals surface area contributed by atoms with Crippen molar-refractivity contribution >= 4 is 27.5 Å². The Labute approximate surface area is 171 Å². The van der Waals surface area contributed by atoms with Gasteiger partial charge in [-0.15, -0.1) is 0 Å². The molecular formula is C19H28N4O5S. The average Bonchev–Trinajstić information content (AvgIpc) is 3.23. The van der Waals surface area contributed by atoms with E-state index in [0.29, 0.717) is 38.5 Å². The van der Waals surface area contributed by atoms with E-state index in [-0.39, 0.29) is 29.4 Å². The molecular weight excluding hydrogens is 396 g/mol. The first-order chi connectivity index (χ1) is 13.8. The van der Waals surface area contributed by atoms with Gasteiger partial charge in [0.25, 0.3) is 5.91 Å². The fourth-order valence-corrected chi connectivity index (χ4v) is 4.33. The molecule has 0 aromatic heterocycles. The number of carbonyl (C=O) groups excluding carboxylic acids is 2. The van der Waals surface area contributed by atoms with E-state index in [1.165, 1.54) is 26.2 Å². The highest BCUT2D eigenvalue weighted by atomic mass is 32.2. The van der Waals surface area contributed by atoms with Gasteiger partial charge in [0.05, 0.1) is 11.4 Å². The van der Waals surface area contributed by atoms with Gasteiger partial charge in [0.1, 0.15) is 6.10 Å². The van der Waals surface area contributed by atoms with Gasteiger partial charge in [0, 0.05) is 52.6 Å². The number of nitrogens with zero attached hydrogens (tertiary/aromatic N) is 3. The first-order valence-electron chi connectivity index (χ1n) is 9.72. The summed E-state index contributed by atoms with van der Waals surface area (Å²) in [6.07, 6.45) is 1.42. The van der Waals surface area contributed by atoms with E-state index in [2.05, 4.69) is 5.32 Å². The maximum atomic E-state index is 12.4. The molecule has 160 valence electrons. The summed E-state index contributed by atoms with van der Waals surface area (Å²) in [5, 5.41) is 2.79. The summed E-state index contributed by atoms with van der Waals surface area (Å²) in [4.78, 5) is 28.7. The Hall–Kier alpha value is -2.01. The van der Waals surface area contributed by atoms with E-state index in [1.807, 2.05) is 9.80 Å². The first-order valence-corrected chi connectivity index (χ1v) is 11.2. The van der Waals surface area contributed by atoms with Crippen molar-refractivity contribution in [3.8, 4) is 0 Å². The van der Waals surface area contributed by atoms with Crippen molar-refractivity contribution in [2.24, 2.45) is 0 Å². The summed E-state index contributed by atoms with van der Waals surface area (Å²) in [7, 11) is -0.549. The van der Waals surface area contributed by atoms with Crippen LogP contribution >= 0.6 is 0 Å². The molecule has 3 rings (SSSR count). The Morgan fingerprint density at radius 1 is 1.14 bits per heavy atom. The minimum Gasteiger partial charge on any atom is -0.368 e. The number of amides is 2. The van der Waals surface area contributed by atoms with Gasteiger partial charge in [-0.1, -0.05) is 0 Å². The molecule has 1 atom stereocenters. The third-order valence-corrected chi connectivity index (χ3v) is 7.00. The molecule has 2 amide bonds. The van der Waals surface area contributed by atoms with Crippen LogP contribution in [-0.2, 0) is 24.3 Å². The molecule has 0 spiro atoms. The van der Waals surface area contributed by atoms with Crippen LogP contribution in [0.3, 0.4) is 0 Å². The molecule has 1 unspecified atom stereocenters. The zero-order valence-corrected chi connectivity index (χ0v) is 17.7. The highest BCUT2D eigenvalue weighted by molar-refractivity contribution is 7.89. The Bertz CT molecular complexity index is 827. The highest BCUT2D eigenvalue weighted by Crippen LogP contribution is 2.17. The Morgan fingerprint density at radius 3 is 2.34 bits per heavy atom. The third-order valence-electron chi connectivity index (χ3n) is 5.17. The number of rotatable bonds is 6. The van der Waals surface area contributed by atoms with Crippen molar-refractivity contribution in [1.82, 2.24) is 14.1 Å². The van der Waals surface area contributed by atoms with Gasteiger partial charge in [-0.05, 0) is 37.1 Å². The molecule has 2 saturated heterocycles. The van der Waals surface area contributed by atoms with Gasteiger partial charge < -0.3 is 15.0 Å². The average molecular weight is 425 g/mol. The zero-order valence-electron chi connectivity index (χ0n) is 16.8. The second-order valence-corrected chi connectivity index (χ2v) is 9.61. The summed E-state index contributed by atoms with van der Waals surface area (Å²) in [5.74, 6) is -0.119. The smallest absolute Gasteiger partial charge is 0.251 e. The normalized spacial score (nSPS) is 20.8. The summed E-state index contributed by atoms with van der Waals surface area (Å²) in [6, 6.07) is 6.10. The van der Waals surface area contributed by atoms with E-state index in [1.54, 1.807) is 12.1 Å². The zero-order chi connectivity index (χ0) is 21.0. The molecule has 0 aliphatic carbocycles. The van der Waals surface area contributed by atoms with Crippen LogP contribution in [0.25, 0.3) is 0 Å². The minimum atomic E-state index is -3.49. The number of ether oxygens (including phenoxy) is 1. The van der Waals surface area contributed by atoms with Gasteiger partial charge in [0.2, 0.25) is 15.9 Å². The van der Waals surface area contributed by atoms with E-state index in [0.717, 1.165) is 17.1 Å². The van der Waals surface area contributed by atoms with Gasteiger partial charge in [-0.3, -0.25) is 14.5 Å². The minimum absolute atomic E-state index is 0.0550. The molecule has 2 heterocycles. The highest BCUT2D eigenvalue weighted by Gasteiger charge is 2.30. The summed E-state index contributed by atoms with van der Waals surface area (Å²) in [5.41, 5.74) is 0.542. The van der Waals surface area contributed by atoms with Crippen LogP contribution in [0.4, 0.5) is 5.69 Å². The van der Waals surface area contributed by atoms with Crippen LogP contribution in [0.1, 0.15) is 12.8 Å². The number of nitrogens with one attached hydrogen (secondary N) is 1. The predicted molar refractivity (Wildman–Crippen MR) is 108 cm³/mol. The fraction of sp³-hybridized carbons (Fsp3) is 0.579. The molecule has 29 heavy (non-hydrogen) atoms. The Kier molecular flexibility index (Phi) is 6.89. The molecule has 0 bridgehead atoms. The number of hydrogen-bond acceptors (Lipinski definition) is 6. The largest absolute Gasteiger partial charge is 0.368 e. The second-order valence-electron chi connectivity index (χ2n) is 7.46. The van der Waals surface area contributed by atoms with Crippen LogP contribution in [-0.4, -0.2) is 93.9 Å². The van der Waals surface area contributed by atoms with Crippen molar-refractivity contribution in [3.63, 3.8) is 0 Å². The third kappa shape index (κ3) is 5.33. The Morgan fingerprint density at radius 2 is 1.79 bits per heavy atom. The number of anilines is 1. The van der Waals surface area contributed by atoms with E-state index in [4.69, 9.17) is 4.74 Å². The lowest BCUT2D eigenvalue weighted by molar-refractivity contribution is -0.142. The van der Waals surface area contributed by atoms with Gasteiger partial charge in [-0.25, -0.2) is 12.7 Å². The van der Waals surface area contributed by atoms with Gasteiger partial charge in [-0.2, -0.15) is 0 Å². The predicted octanol–water partition coefficient (Wildman–Crippen LogP) is 0.199. The van der Waals surface area contributed by atoms with Crippen molar-refractivity contribution < 1.29 is 22.7 Å². The number of hydrogen-bond donors (Lipinski definition) is 1. The monoisotopic (exact) mass is 424 g/mol. The molecule has 1 N–H and O–H groups in total. The summed E-state index contributed by atoms with van der Waals surface area (Å²) in [6.45, 7) is 3.31. The maximum absolute atomic E-state index is 12.4. The van der Waals surface area contributed by atoms with Crippen LogP contribution in [0.15, 0.2) is 29.2 Å². The summed E-state index contributed by atoms with van der Waals surface area (Å²) >= 11 is 0. The van der Waals surface area contributed by atoms with Crippen LogP contribution in [0, 0.1) is 0 Å². The molecule has 0 radical (unpaired) electrons. The molecule has 0 saturated carbocycles. The molecule has 10 heteroatoms. The van der Waals surface area contributed by atoms with Crippen molar-refractivity contribution in [3.05, 3.63) is 24.3 Å². The van der Waals surface area contributed by atoms with Gasteiger partial charge in [0.15, 0.2) is 0 Å². The topological polar surface area (TPSA) is 99.3 Å². The number of carbonyl (C=O) groups is 2. The SMILES string of the molecule is CN(C)S(=O)(=O)c1ccc(NC(=O)CN2CCN(C(=O)C3CCCO3)CC2)cc1. The molecule has 1 aromatic carbocycles. The number of benzene rings is 1. The maximum Gasteiger partial charge on any atom is 0.251 e. The second kappa shape index (κ2) is 9.21. The van der Waals surface area contributed by atoms with Crippen molar-refractivity contribution in [2.75, 3.05) is 58.7 Å². The fourth-order valence-electron chi connectivity index (χ4n) is 3.43. The van der Waals surface area contributed by atoms with E-state index in [9.17, 15) is 18.0 Å². The first kappa shape index (κ1) is 21.7. The lowest BCUT2D eigenvalue weighted by atomic mass is 10.2. The lowest BCUT2D eigenvalue weighted by Gasteiger charge is -2.35. The van der Waals surface area contributed by atoms with Gasteiger partial charge >= 0.3 is 0 Å². The number of sulfonamides is 1. The quantitative estimate of drug-likeness (QED) is 0.700. The van der Waals surface area contributed by atoms with Crippen molar-refractivity contribution in [1.29, 1.82) is 0 Å².